The minimum Gasteiger partial charge on any atom is -0.350 e. The molecule has 0 radical (unpaired) electrons. The highest BCUT2D eigenvalue weighted by molar-refractivity contribution is 5.99. The molecule has 1 N–H and O–H groups in total. The molecule has 0 aromatic carbocycles. The summed E-state index contributed by atoms with van der Waals surface area (Å²) in [6, 6.07) is 5.65. The van der Waals surface area contributed by atoms with Gasteiger partial charge in [-0.2, -0.15) is 0 Å². The van der Waals surface area contributed by atoms with Crippen molar-refractivity contribution in [3.8, 4) is 0 Å². The number of aromatic nitrogens is 2. The van der Waals surface area contributed by atoms with E-state index in [1.807, 2.05) is 33.7 Å². The molecule has 0 unspecified atom stereocenters. The van der Waals surface area contributed by atoms with Crippen LogP contribution in [0.15, 0.2) is 24.4 Å². The first-order valence-corrected chi connectivity index (χ1v) is 8.51. The summed E-state index contributed by atoms with van der Waals surface area (Å²) in [6.45, 7) is 7.06. The Hall–Kier alpha value is -2.37. The summed E-state index contributed by atoms with van der Waals surface area (Å²) in [7, 11) is 0. The second-order valence-electron chi connectivity index (χ2n) is 6.75. The number of nitrogens with one attached hydrogen (secondary N) is 1. The van der Waals surface area contributed by atoms with Gasteiger partial charge in [-0.05, 0) is 30.9 Å². The summed E-state index contributed by atoms with van der Waals surface area (Å²) in [6.07, 6.45) is 3.75. The maximum absolute atomic E-state index is 12.5. The standard InChI is InChI=1S/C18H24N4O2/c1-12(2)11-19-18(24)16-14-7-4-5-9-22(14)17(20-16)15-8-6-10-21(15)13(3)23/h4-5,7,9,12,15H,6,8,10-11H2,1-3H3,(H,19,24)/t15-/m1/s1. The number of nitrogens with zero attached hydrogens (tertiary/aromatic N) is 3. The summed E-state index contributed by atoms with van der Waals surface area (Å²) >= 11 is 0. The number of pyridine rings is 1. The van der Waals surface area contributed by atoms with Gasteiger partial charge >= 0.3 is 0 Å². The molecule has 0 saturated carbocycles. The fourth-order valence-corrected chi connectivity index (χ4v) is 3.26. The molecule has 1 aliphatic rings. The van der Waals surface area contributed by atoms with E-state index >= 15 is 0 Å². The Bertz CT molecular complexity index is 765. The number of rotatable bonds is 4. The van der Waals surface area contributed by atoms with E-state index in [0.717, 1.165) is 30.7 Å². The van der Waals surface area contributed by atoms with E-state index in [9.17, 15) is 9.59 Å². The summed E-state index contributed by atoms with van der Waals surface area (Å²) in [5.74, 6) is 1.04. The number of imidazole rings is 1. The van der Waals surface area contributed by atoms with Crippen molar-refractivity contribution in [1.82, 2.24) is 19.6 Å². The summed E-state index contributed by atoms with van der Waals surface area (Å²) in [5, 5.41) is 2.93. The number of amides is 2. The number of fused-ring (bicyclic) bond motifs is 1. The van der Waals surface area contributed by atoms with Gasteiger partial charge in [-0.15, -0.1) is 0 Å². The van der Waals surface area contributed by atoms with Crippen LogP contribution in [-0.4, -0.2) is 39.2 Å². The van der Waals surface area contributed by atoms with Crippen molar-refractivity contribution < 1.29 is 9.59 Å². The Labute approximate surface area is 141 Å². The molecule has 1 saturated heterocycles. The van der Waals surface area contributed by atoms with E-state index < -0.39 is 0 Å². The van der Waals surface area contributed by atoms with Crippen molar-refractivity contribution in [2.24, 2.45) is 5.92 Å². The molecule has 3 heterocycles. The Morgan fingerprint density at radius 3 is 2.88 bits per heavy atom. The zero-order valence-corrected chi connectivity index (χ0v) is 14.5. The van der Waals surface area contributed by atoms with Gasteiger partial charge in [0.1, 0.15) is 5.82 Å². The molecule has 1 aliphatic heterocycles. The van der Waals surface area contributed by atoms with Crippen molar-refractivity contribution >= 4 is 17.3 Å². The molecule has 0 spiro atoms. The van der Waals surface area contributed by atoms with Gasteiger partial charge in [-0.3, -0.25) is 9.59 Å². The molecule has 6 heteroatoms. The summed E-state index contributed by atoms with van der Waals surface area (Å²) in [5.41, 5.74) is 1.21. The van der Waals surface area contributed by atoms with Gasteiger partial charge in [0.25, 0.3) is 5.91 Å². The first kappa shape index (κ1) is 16.5. The van der Waals surface area contributed by atoms with Crippen LogP contribution in [0, 0.1) is 5.92 Å². The molecule has 128 valence electrons. The fourth-order valence-electron chi connectivity index (χ4n) is 3.26. The van der Waals surface area contributed by atoms with E-state index in [1.165, 1.54) is 0 Å². The summed E-state index contributed by atoms with van der Waals surface area (Å²) in [4.78, 5) is 30.9. The summed E-state index contributed by atoms with van der Waals surface area (Å²) < 4.78 is 1.94. The topological polar surface area (TPSA) is 66.7 Å². The lowest BCUT2D eigenvalue weighted by Gasteiger charge is -2.22. The molecule has 1 fully saturated rings. The lowest BCUT2D eigenvalue weighted by Crippen LogP contribution is -2.29. The first-order chi connectivity index (χ1) is 11.5. The van der Waals surface area contributed by atoms with Gasteiger partial charge in [-0.25, -0.2) is 4.98 Å². The molecule has 3 rings (SSSR count). The molecule has 1 atom stereocenters. The number of likely N-dealkylation sites (tertiary alicyclic amines) is 1. The maximum atomic E-state index is 12.5. The Morgan fingerprint density at radius 1 is 1.38 bits per heavy atom. The van der Waals surface area contributed by atoms with E-state index in [1.54, 1.807) is 6.92 Å². The zero-order valence-electron chi connectivity index (χ0n) is 14.5. The van der Waals surface area contributed by atoms with Crippen molar-refractivity contribution in [3.05, 3.63) is 35.9 Å². The number of carbonyl (C=O) groups is 2. The van der Waals surface area contributed by atoms with Crippen molar-refractivity contribution in [2.45, 2.75) is 39.7 Å². The third-order valence-corrected chi connectivity index (χ3v) is 4.42. The second-order valence-corrected chi connectivity index (χ2v) is 6.75. The average molecular weight is 328 g/mol. The van der Waals surface area contributed by atoms with Crippen LogP contribution >= 0.6 is 0 Å². The number of carbonyl (C=O) groups excluding carboxylic acids is 2. The van der Waals surface area contributed by atoms with E-state index in [-0.39, 0.29) is 17.9 Å². The third kappa shape index (κ3) is 3.00. The highest BCUT2D eigenvalue weighted by Crippen LogP contribution is 2.32. The normalized spacial score (nSPS) is 17.7. The molecule has 2 aromatic heterocycles. The van der Waals surface area contributed by atoms with Gasteiger partial charge in [-0.1, -0.05) is 19.9 Å². The largest absolute Gasteiger partial charge is 0.350 e. The van der Waals surface area contributed by atoms with Gasteiger partial charge in [0.15, 0.2) is 5.69 Å². The Morgan fingerprint density at radius 2 is 2.17 bits per heavy atom. The van der Waals surface area contributed by atoms with E-state index in [0.29, 0.717) is 18.2 Å². The zero-order chi connectivity index (χ0) is 17.3. The highest BCUT2D eigenvalue weighted by atomic mass is 16.2. The van der Waals surface area contributed by atoms with Crippen LogP contribution in [0.4, 0.5) is 0 Å². The van der Waals surface area contributed by atoms with Crippen molar-refractivity contribution in [3.63, 3.8) is 0 Å². The smallest absolute Gasteiger partial charge is 0.272 e. The monoisotopic (exact) mass is 328 g/mol. The van der Waals surface area contributed by atoms with Crippen molar-refractivity contribution in [1.29, 1.82) is 0 Å². The molecule has 6 nitrogen and oxygen atoms in total. The van der Waals surface area contributed by atoms with Crippen LogP contribution in [0.5, 0.6) is 0 Å². The Balaban J connectivity index is 2.00. The molecule has 0 aliphatic carbocycles. The molecule has 24 heavy (non-hydrogen) atoms. The van der Waals surface area contributed by atoms with E-state index in [2.05, 4.69) is 24.1 Å². The molecule has 2 aromatic rings. The quantitative estimate of drug-likeness (QED) is 0.937. The predicted molar refractivity (Wildman–Crippen MR) is 91.7 cm³/mol. The van der Waals surface area contributed by atoms with Crippen LogP contribution in [0.1, 0.15) is 56.0 Å². The van der Waals surface area contributed by atoms with Crippen molar-refractivity contribution in [2.75, 3.05) is 13.1 Å². The van der Waals surface area contributed by atoms with Crippen LogP contribution in [-0.2, 0) is 4.79 Å². The van der Waals surface area contributed by atoms with Crippen LogP contribution in [0.2, 0.25) is 0 Å². The van der Waals surface area contributed by atoms with Crippen LogP contribution in [0.3, 0.4) is 0 Å². The minimum absolute atomic E-state index is 0.0518. The molecule has 2 amide bonds. The van der Waals surface area contributed by atoms with Gasteiger partial charge in [0.05, 0.1) is 11.6 Å². The maximum Gasteiger partial charge on any atom is 0.272 e. The van der Waals surface area contributed by atoms with Crippen LogP contribution < -0.4 is 5.32 Å². The minimum atomic E-state index is -0.161. The SMILES string of the molecule is CC(=O)N1CCC[C@@H]1c1nc(C(=O)NCC(C)C)c2ccccn12. The number of hydrogen-bond acceptors (Lipinski definition) is 3. The third-order valence-electron chi connectivity index (χ3n) is 4.42. The first-order valence-electron chi connectivity index (χ1n) is 8.51. The predicted octanol–water partition coefficient (Wildman–Crippen LogP) is 2.40. The van der Waals surface area contributed by atoms with Crippen LogP contribution in [0.25, 0.3) is 5.52 Å². The van der Waals surface area contributed by atoms with Gasteiger partial charge < -0.3 is 14.6 Å². The fraction of sp³-hybridized carbons (Fsp3) is 0.500. The molecular weight excluding hydrogens is 304 g/mol. The molecular formula is C18H24N4O2. The van der Waals surface area contributed by atoms with Gasteiger partial charge in [0.2, 0.25) is 5.91 Å². The number of hydrogen-bond donors (Lipinski definition) is 1. The molecule has 0 bridgehead atoms. The average Bonchev–Trinajstić information content (AvgIpc) is 3.16. The van der Waals surface area contributed by atoms with E-state index in [4.69, 9.17) is 0 Å². The lowest BCUT2D eigenvalue weighted by atomic mass is 10.2. The second kappa shape index (κ2) is 6.63. The highest BCUT2D eigenvalue weighted by Gasteiger charge is 2.32. The van der Waals surface area contributed by atoms with Gasteiger partial charge in [0, 0.05) is 26.2 Å². The Kier molecular flexibility index (Phi) is 4.55. The lowest BCUT2D eigenvalue weighted by molar-refractivity contribution is -0.129.